The van der Waals surface area contributed by atoms with Gasteiger partial charge in [0.25, 0.3) is 0 Å². The first-order valence-corrected chi connectivity index (χ1v) is 10.2. The van der Waals surface area contributed by atoms with Gasteiger partial charge in [-0.05, 0) is 26.3 Å². The smallest absolute Gasteiger partial charge is 0.194 e. The SMILES string of the molecule is CCNC(=NCC1CN2CCCC2CO1)N1CCOC(c2cnn(C)c2)C1.I. The molecular weight excluding hydrogens is 471 g/mol. The summed E-state index contributed by atoms with van der Waals surface area (Å²) in [6.07, 6.45) is 6.73. The molecule has 3 aliphatic rings. The normalized spacial score (nSPS) is 28.7. The lowest BCUT2D eigenvalue weighted by Gasteiger charge is -2.36. The van der Waals surface area contributed by atoms with Crippen LogP contribution < -0.4 is 5.32 Å². The Balaban J connectivity index is 0.00000225. The van der Waals surface area contributed by atoms with E-state index in [1.54, 1.807) is 0 Å². The quantitative estimate of drug-likeness (QED) is 0.378. The third-order valence-corrected chi connectivity index (χ3v) is 5.70. The first-order valence-electron chi connectivity index (χ1n) is 10.2. The molecule has 0 radical (unpaired) electrons. The minimum absolute atomic E-state index is 0. The van der Waals surface area contributed by atoms with E-state index in [-0.39, 0.29) is 36.2 Å². The van der Waals surface area contributed by atoms with E-state index in [2.05, 4.69) is 27.1 Å². The van der Waals surface area contributed by atoms with Crippen LogP contribution in [-0.4, -0.2) is 90.2 Å². The third-order valence-electron chi connectivity index (χ3n) is 5.70. The number of halogens is 1. The lowest BCUT2D eigenvalue weighted by molar-refractivity contribution is -0.0435. The van der Waals surface area contributed by atoms with Crippen LogP contribution in [-0.2, 0) is 16.5 Å². The molecule has 3 fully saturated rings. The number of fused-ring (bicyclic) bond motifs is 1. The van der Waals surface area contributed by atoms with E-state index in [0.717, 1.165) is 44.3 Å². The highest BCUT2D eigenvalue weighted by Gasteiger charge is 2.32. The molecule has 3 aliphatic heterocycles. The number of nitrogens with one attached hydrogen (secondary N) is 1. The molecule has 0 aliphatic carbocycles. The molecule has 9 heteroatoms. The number of ether oxygens (including phenoxy) is 2. The highest BCUT2D eigenvalue weighted by atomic mass is 127. The van der Waals surface area contributed by atoms with E-state index in [0.29, 0.717) is 19.2 Å². The molecule has 0 bridgehead atoms. The van der Waals surface area contributed by atoms with Crippen LogP contribution >= 0.6 is 24.0 Å². The van der Waals surface area contributed by atoms with Crippen molar-refractivity contribution in [3.8, 4) is 0 Å². The zero-order chi connectivity index (χ0) is 18.6. The van der Waals surface area contributed by atoms with Crippen LogP contribution in [0.4, 0.5) is 0 Å². The summed E-state index contributed by atoms with van der Waals surface area (Å²) in [5, 5.41) is 7.72. The first-order chi connectivity index (χ1) is 13.2. The van der Waals surface area contributed by atoms with Gasteiger partial charge >= 0.3 is 0 Å². The Morgan fingerprint density at radius 2 is 2.21 bits per heavy atom. The summed E-state index contributed by atoms with van der Waals surface area (Å²) >= 11 is 0. The zero-order valence-corrected chi connectivity index (χ0v) is 19.2. The fourth-order valence-electron chi connectivity index (χ4n) is 4.26. The second kappa shape index (κ2) is 10.2. The molecule has 1 aromatic heterocycles. The van der Waals surface area contributed by atoms with Crippen molar-refractivity contribution < 1.29 is 9.47 Å². The standard InChI is InChI=1S/C19H32N6O2.HI/c1-3-20-19(21-10-17-12-24-6-4-5-16(24)14-27-17)25-7-8-26-18(13-25)15-9-22-23(2)11-15;/h9,11,16-18H,3-8,10,12-14H2,1-2H3,(H,20,21);1H. The molecule has 0 saturated carbocycles. The van der Waals surface area contributed by atoms with Gasteiger partial charge in [-0.1, -0.05) is 0 Å². The van der Waals surface area contributed by atoms with E-state index >= 15 is 0 Å². The van der Waals surface area contributed by atoms with Gasteiger partial charge in [0.2, 0.25) is 0 Å². The van der Waals surface area contributed by atoms with Gasteiger partial charge in [-0.15, -0.1) is 24.0 Å². The summed E-state index contributed by atoms with van der Waals surface area (Å²) in [7, 11) is 1.94. The fourth-order valence-corrected chi connectivity index (χ4v) is 4.26. The monoisotopic (exact) mass is 504 g/mol. The van der Waals surface area contributed by atoms with Gasteiger partial charge in [-0.25, -0.2) is 0 Å². The van der Waals surface area contributed by atoms with Crippen molar-refractivity contribution in [2.45, 2.75) is 38.0 Å². The average molecular weight is 504 g/mol. The van der Waals surface area contributed by atoms with Gasteiger partial charge in [0, 0.05) is 44.5 Å². The van der Waals surface area contributed by atoms with Crippen molar-refractivity contribution in [1.82, 2.24) is 24.9 Å². The van der Waals surface area contributed by atoms with Crippen LogP contribution in [0.1, 0.15) is 31.4 Å². The van der Waals surface area contributed by atoms with Crippen molar-refractivity contribution in [1.29, 1.82) is 0 Å². The highest BCUT2D eigenvalue weighted by Crippen LogP contribution is 2.23. The number of morpholine rings is 2. The van der Waals surface area contributed by atoms with Crippen molar-refractivity contribution in [2.75, 3.05) is 52.5 Å². The Morgan fingerprint density at radius 3 is 3.00 bits per heavy atom. The molecule has 0 spiro atoms. The topological polar surface area (TPSA) is 67.2 Å². The molecule has 3 unspecified atom stereocenters. The molecule has 0 aromatic carbocycles. The predicted octanol–water partition coefficient (Wildman–Crippen LogP) is 1.24. The lowest BCUT2D eigenvalue weighted by atomic mass is 10.1. The summed E-state index contributed by atoms with van der Waals surface area (Å²) in [5.41, 5.74) is 1.12. The summed E-state index contributed by atoms with van der Waals surface area (Å²) < 4.78 is 13.9. The zero-order valence-electron chi connectivity index (χ0n) is 16.9. The van der Waals surface area contributed by atoms with Crippen LogP contribution in [0.2, 0.25) is 0 Å². The summed E-state index contributed by atoms with van der Waals surface area (Å²) in [6.45, 7) is 9.09. The maximum atomic E-state index is 6.07. The molecule has 4 rings (SSSR count). The van der Waals surface area contributed by atoms with E-state index in [4.69, 9.17) is 14.5 Å². The van der Waals surface area contributed by atoms with Crippen molar-refractivity contribution in [3.05, 3.63) is 18.0 Å². The number of rotatable bonds is 4. The summed E-state index contributed by atoms with van der Waals surface area (Å²) in [5.74, 6) is 0.960. The van der Waals surface area contributed by atoms with Crippen molar-refractivity contribution >= 4 is 29.9 Å². The van der Waals surface area contributed by atoms with E-state index < -0.39 is 0 Å². The fraction of sp³-hybridized carbons (Fsp3) is 0.789. The van der Waals surface area contributed by atoms with Gasteiger partial charge in [0.1, 0.15) is 6.10 Å². The maximum absolute atomic E-state index is 6.07. The molecule has 1 N–H and O–H groups in total. The Kier molecular flexibility index (Phi) is 7.95. The Hall–Kier alpha value is -0.910. The lowest BCUT2D eigenvalue weighted by Crippen LogP contribution is -2.50. The minimum Gasteiger partial charge on any atom is -0.373 e. The Bertz CT molecular complexity index is 654. The highest BCUT2D eigenvalue weighted by molar-refractivity contribution is 14.0. The van der Waals surface area contributed by atoms with Crippen LogP contribution in [0, 0.1) is 0 Å². The van der Waals surface area contributed by atoms with Gasteiger partial charge in [0.15, 0.2) is 5.96 Å². The molecule has 1 aromatic rings. The van der Waals surface area contributed by atoms with Crippen molar-refractivity contribution in [3.63, 3.8) is 0 Å². The number of aromatic nitrogens is 2. The van der Waals surface area contributed by atoms with Gasteiger partial charge in [0.05, 0.1) is 38.6 Å². The Morgan fingerprint density at radius 1 is 1.32 bits per heavy atom. The number of aryl methyl sites for hydroxylation is 1. The van der Waals surface area contributed by atoms with Crippen molar-refractivity contribution in [2.24, 2.45) is 12.0 Å². The second-order valence-electron chi connectivity index (χ2n) is 7.69. The van der Waals surface area contributed by atoms with Gasteiger partial charge < -0.3 is 19.7 Å². The average Bonchev–Trinajstić information content (AvgIpc) is 3.33. The minimum atomic E-state index is 0. The maximum Gasteiger partial charge on any atom is 0.194 e. The number of nitrogens with zero attached hydrogens (tertiary/aromatic N) is 5. The van der Waals surface area contributed by atoms with Gasteiger partial charge in [-0.3, -0.25) is 14.6 Å². The van der Waals surface area contributed by atoms with Crippen LogP contribution in [0.25, 0.3) is 0 Å². The van der Waals surface area contributed by atoms with Crippen LogP contribution in [0.5, 0.6) is 0 Å². The molecule has 0 amide bonds. The first kappa shape index (κ1) is 21.8. The van der Waals surface area contributed by atoms with Crippen LogP contribution in [0.15, 0.2) is 17.4 Å². The molecule has 4 heterocycles. The summed E-state index contributed by atoms with van der Waals surface area (Å²) in [4.78, 5) is 9.78. The van der Waals surface area contributed by atoms with Crippen LogP contribution in [0.3, 0.4) is 0 Å². The predicted molar refractivity (Wildman–Crippen MR) is 119 cm³/mol. The van der Waals surface area contributed by atoms with E-state index in [1.807, 2.05) is 24.1 Å². The molecule has 28 heavy (non-hydrogen) atoms. The Labute approximate surface area is 184 Å². The molecular formula is C19H33IN6O2. The number of hydrogen-bond donors (Lipinski definition) is 1. The number of guanidine groups is 1. The molecule has 158 valence electrons. The van der Waals surface area contributed by atoms with E-state index in [9.17, 15) is 0 Å². The van der Waals surface area contributed by atoms with E-state index in [1.165, 1.54) is 19.4 Å². The molecule has 3 atom stereocenters. The second-order valence-corrected chi connectivity index (χ2v) is 7.69. The molecule has 3 saturated heterocycles. The number of hydrogen-bond acceptors (Lipinski definition) is 5. The largest absolute Gasteiger partial charge is 0.373 e. The third kappa shape index (κ3) is 5.17. The molecule has 8 nitrogen and oxygen atoms in total. The number of aliphatic imine (C=N–C) groups is 1. The summed E-state index contributed by atoms with van der Waals surface area (Å²) in [6, 6.07) is 0.637. The van der Waals surface area contributed by atoms with Gasteiger partial charge in [-0.2, -0.15) is 5.10 Å².